The van der Waals surface area contributed by atoms with E-state index in [1.165, 1.54) is 4.31 Å². The molecule has 1 saturated heterocycles. The smallest absolute Gasteiger partial charge is 0.245 e. The fourth-order valence-electron chi connectivity index (χ4n) is 3.81. The highest BCUT2D eigenvalue weighted by atomic mass is 32.2. The summed E-state index contributed by atoms with van der Waals surface area (Å²) in [6.07, 6.45) is 2.20. The predicted molar refractivity (Wildman–Crippen MR) is 96.3 cm³/mol. The molecule has 2 atom stereocenters. The molecule has 0 spiro atoms. The number of sulfonamides is 1. The Morgan fingerprint density at radius 2 is 2.12 bits per heavy atom. The summed E-state index contributed by atoms with van der Waals surface area (Å²) in [4.78, 5) is 12.6. The number of ether oxygens (including phenoxy) is 1. The number of aromatic nitrogens is 2. The molecule has 0 unspecified atom stereocenters. The molecule has 140 valence electrons. The summed E-state index contributed by atoms with van der Waals surface area (Å²) in [6.45, 7) is 1.36. The van der Waals surface area contributed by atoms with E-state index in [1.807, 2.05) is 0 Å². The summed E-state index contributed by atoms with van der Waals surface area (Å²) in [6, 6.07) is 4.62. The van der Waals surface area contributed by atoms with Crippen molar-refractivity contribution in [3.63, 3.8) is 0 Å². The monoisotopic (exact) mass is 396 g/mol. The zero-order valence-corrected chi connectivity index (χ0v) is 15.8. The maximum atomic E-state index is 13.5. The molecular formula is C16H20N4O4S2. The molecule has 1 aliphatic heterocycles. The molecule has 4 rings (SSSR count). The SMILES string of the molecule is O=C1NCCOCCN(S(=O)(=O)c2cccc3nsnc23)[C@H]2CCC[C@@H]12. The van der Waals surface area contributed by atoms with Crippen molar-refractivity contribution in [2.45, 2.75) is 30.2 Å². The molecule has 2 aliphatic rings. The van der Waals surface area contributed by atoms with Gasteiger partial charge in [-0.3, -0.25) is 4.79 Å². The van der Waals surface area contributed by atoms with Crippen molar-refractivity contribution in [2.75, 3.05) is 26.3 Å². The van der Waals surface area contributed by atoms with Gasteiger partial charge in [-0.05, 0) is 25.0 Å². The zero-order chi connectivity index (χ0) is 18.1. The normalized spacial score (nSPS) is 25.8. The van der Waals surface area contributed by atoms with Crippen LogP contribution in [0.3, 0.4) is 0 Å². The Kier molecular flexibility index (Phi) is 4.91. The molecule has 8 nitrogen and oxygen atoms in total. The second-order valence-corrected chi connectivity index (χ2v) is 8.90. The van der Waals surface area contributed by atoms with Gasteiger partial charge in [0.2, 0.25) is 15.9 Å². The second kappa shape index (κ2) is 7.18. The van der Waals surface area contributed by atoms with Crippen LogP contribution in [0.2, 0.25) is 0 Å². The number of benzene rings is 1. The van der Waals surface area contributed by atoms with Gasteiger partial charge in [0.15, 0.2) is 0 Å². The summed E-state index contributed by atoms with van der Waals surface area (Å²) in [5.41, 5.74) is 0.948. The molecule has 10 heteroatoms. The minimum Gasteiger partial charge on any atom is -0.378 e. The third-order valence-corrected chi connectivity index (χ3v) is 7.52. The van der Waals surface area contributed by atoms with E-state index < -0.39 is 10.0 Å². The lowest BCUT2D eigenvalue weighted by Crippen LogP contribution is -2.49. The first-order chi connectivity index (χ1) is 12.6. The molecule has 1 amide bonds. The van der Waals surface area contributed by atoms with E-state index in [9.17, 15) is 13.2 Å². The van der Waals surface area contributed by atoms with Gasteiger partial charge in [-0.15, -0.1) is 0 Å². The second-order valence-electron chi connectivity index (χ2n) is 6.51. The maximum absolute atomic E-state index is 13.5. The van der Waals surface area contributed by atoms with Crippen LogP contribution in [0.4, 0.5) is 0 Å². The Morgan fingerprint density at radius 1 is 1.23 bits per heavy atom. The molecule has 1 aromatic heterocycles. The van der Waals surface area contributed by atoms with Crippen LogP contribution in [0.1, 0.15) is 19.3 Å². The molecule has 1 aromatic carbocycles. The fourth-order valence-corrected chi connectivity index (χ4v) is 6.23. The summed E-state index contributed by atoms with van der Waals surface area (Å²) in [5, 5.41) is 2.85. The summed E-state index contributed by atoms with van der Waals surface area (Å²) in [5.74, 6) is -0.414. The van der Waals surface area contributed by atoms with Gasteiger partial charge in [-0.1, -0.05) is 12.5 Å². The molecule has 2 aromatic rings. The van der Waals surface area contributed by atoms with Crippen molar-refractivity contribution in [3.05, 3.63) is 18.2 Å². The number of amides is 1. The molecule has 1 aliphatic carbocycles. The molecule has 1 saturated carbocycles. The Labute approximate surface area is 155 Å². The van der Waals surface area contributed by atoms with Crippen molar-refractivity contribution in [3.8, 4) is 0 Å². The van der Waals surface area contributed by atoms with E-state index in [2.05, 4.69) is 14.1 Å². The molecular weight excluding hydrogens is 376 g/mol. The first-order valence-corrected chi connectivity index (χ1v) is 10.8. The predicted octanol–water partition coefficient (Wildman–Crippen LogP) is 0.997. The van der Waals surface area contributed by atoms with E-state index in [0.29, 0.717) is 43.6 Å². The van der Waals surface area contributed by atoms with E-state index in [4.69, 9.17) is 4.74 Å². The van der Waals surface area contributed by atoms with Crippen LogP contribution in [0.25, 0.3) is 11.0 Å². The average Bonchev–Trinajstić information content (AvgIpc) is 3.29. The Balaban J connectivity index is 1.76. The summed E-state index contributed by atoms with van der Waals surface area (Å²) < 4.78 is 42.2. The number of nitrogens with one attached hydrogen (secondary N) is 1. The zero-order valence-electron chi connectivity index (χ0n) is 14.1. The van der Waals surface area contributed by atoms with Gasteiger partial charge < -0.3 is 10.1 Å². The van der Waals surface area contributed by atoms with E-state index in [1.54, 1.807) is 18.2 Å². The highest BCUT2D eigenvalue weighted by molar-refractivity contribution is 7.89. The van der Waals surface area contributed by atoms with Crippen LogP contribution >= 0.6 is 11.7 Å². The standard InChI is InChI=1S/C16H20N4O4S2/c21-16-11-3-1-5-13(11)20(8-10-24-9-7-17-16)26(22,23)14-6-2-4-12-15(14)19-25-18-12/h2,4,6,11,13H,1,3,5,7-10H2,(H,17,21)/t11-,13+/m1/s1. The van der Waals surface area contributed by atoms with Crippen molar-refractivity contribution >= 4 is 38.7 Å². The lowest BCUT2D eigenvalue weighted by atomic mass is 10.0. The van der Waals surface area contributed by atoms with Crippen LogP contribution in [0.5, 0.6) is 0 Å². The topological polar surface area (TPSA) is 101 Å². The Hall–Kier alpha value is -1.62. The van der Waals surface area contributed by atoms with Gasteiger partial charge in [0, 0.05) is 19.1 Å². The third kappa shape index (κ3) is 3.11. The third-order valence-electron chi connectivity index (χ3n) is 5.02. The van der Waals surface area contributed by atoms with Gasteiger partial charge >= 0.3 is 0 Å². The average molecular weight is 396 g/mol. The van der Waals surface area contributed by atoms with Crippen molar-refractivity contribution in [1.29, 1.82) is 0 Å². The number of carbonyl (C=O) groups is 1. The number of fused-ring (bicyclic) bond motifs is 2. The molecule has 1 N–H and O–H groups in total. The fraction of sp³-hybridized carbons (Fsp3) is 0.562. The molecule has 0 bridgehead atoms. The van der Waals surface area contributed by atoms with Crippen molar-refractivity contribution in [2.24, 2.45) is 5.92 Å². The van der Waals surface area contributed by atoms with Gasteiger partial charge in [0.25, 0.3) is 0 Å². The lowest BCUT2D eigenvalue weighted by molar-refractivity contribution is -0.126. The number of hydrogen-bond acceptors (Lipinski definition) is 7. The first-order valence-electron chi connectivity index (χ1n) is 8.67. The highest BCUT2D eigenvalue weighted by Crippen LogP contribution is 2.35. The summed E-state index contributed by atoms with van der Waals surface area (Å²) in [7, 11) is -3.83. The largest absolute Gasteiger partial charge is 0.378 e. The molecule has 0 radical (unpaired) electrons. The molecule has 26 heavy (non-hydrogen) atoms. The quantitative estimate of drug-likeness (QED) is 0.813. The molecule has 2 fully saturated rings. The van der Waals surface area contributed by atoms with E-state index in [0.717, 1.165) is 18.1 Å². The van der Waals surface area contributed by atoms with Crippen LogP contribution < -0.4 is 5.32 Å². The van der Waals surface area contributed by atoms with Gasteiger partial charge in [-0.2, -0.15) is 13.1 Å². The van der Waals surface area contributed by atoms with Gasteiger partial charge in [0.05, 0.1) is 30.9 Å². The Bertz CT molecular complexity index is 914. The maximum Gasteiger partial charge on any atom is 0.245 e. The van der Waals surface area contributed by atoms with E-state index in [-0.39, 0.29) is 29.3 Å². The number of nitrogens with zero attached hydrogens (tertiary/aromatic N) is 3. The first kappa shape index (κ1) is 17.8. The van der Waals surface area contributed by atoms with Crippen LogP contribution in [-0.2, 0) is 19.6 Å². The van der Waals surface area contributed by atoms with Crippen molar-refractivity contribution in [1.82, 2.24) is 18.4 Å². The Morgan fingerprint density at radius 3 is 3.00 bits per heavy atom. The minimum atomic E-state index is -3.83. The van der Waals surface area contributed by atoms with Crippen LogP contribution in [0.15, 0.2) is 23.1 Å². The van der Waals surface area contributed by atoms with Crippen LogP contribution in [-0.4, -0.2) is 59.7 Å². The molecule has 2 heterocycles. The van der Waals surface area contributed by atoms with Crippen LogP contribution in [0, 0.1) is 5.92 Å². The number of carbonyl (C=O) groups excluding carboxylic acids is 1. The number of hydrogen-bond donors (Lipinski definition) is 1. The highest BCUT2D eigenvalue weighted by Gasteiger charge is 2.42. The van der Waals surface area contributed by atoms with Crippen molar-refractivity contribution < 1.29 is 17.9 Å². The van der Waals surface area contributed by atoms with Gasteiger partial charge in [-0.25, -0.2) is 8.42 Å². The minimum absolute atomic E-state index is 0.0910. The lowest BCUT2D eigenvalue weighted by Gasteiger charge is -2.32. The van der Waals surface area contributed by atoms with Gasteiger partial charge in [0.1, 0.15) is 15.9 Å². The van der Waals surface area contributed by atoms with E-state index >= 15 is 0 Å². The number of rotatable bonds is 2. The summed E-state index contributed by atoms with van der Waals surface area (Å²) >= 11 is 0.991.